The predicted octanol–water partition coefficient (Wildman–Crippen LogP) is 0.160. The van der Waals surface area contributed by atoms with E-state index in [4.69, 9.17) is 21.9 Å². The molecule has 0 atom stereocenters. The van der Waals surface area contributed by atoms with Crippen LogP contribution < -0.4 is 21.9 Å². The Hall–Kier alpha value is -1.93. The van der Waals surface area contributed by atoms with Gasteiger partial charge in [-0.1, -0.05) is 0 Å². The average molecular weight is 337 g/mol. The molecule has 0 aliphatic carbocycles. The molecule has 0 aromatic heterocycles. The van der Waals surface area contributed by atoms with Gasteiger partial charge in [0.05, 0.1) is 12.3 Å². The number of rotatable bonds is 6. The van der Waals surface area contributed by atoms with Gasteiger partial charge in [0, 0.05) is 28.9 Å². The van der Waals surface area contributed by atoms with E-state index in [0.717, 1.165) is 35.7 Å². The zero-order valence-corrected chi connectivity index (χ0v) is 13.8. The Labute approximate surface area is 138 Å². The van der Waals surface area contributed by atoms with Crippen LogP contribution in [0.5, 0.6) is 5.75 Å². The fraction of sp³-hybridized carbons (Fsp3) is 0.467. The number of nitrogens with zero attached hydrogens (tertiary/aromatic N) is 2. The summed E-state index contributed by atoms with van der Waals surface area (Å²) >= 11 is 0. The molecule has 23 heavy (non-hydrogen) atoms. The molecule has 2 rings (SSSR count). The smallest absolute Gasteiger partial charge is 0.211 e. The molecule has 1 aliphatic heterocycles. The Morgan fingerprint density at radius 2 is 1.83 bits per heavy atom. The van der Waals surface area contributed by atoms with Gasteiger partial charge in [-0.25, -0.2) is 0 Å². The maximum atomic E-state index is 11.3. The number of benzene rings is 1. The molecular formula is C15H23N5O2S. The van der Waals surface area contributed by atoms with Crippen molar-refractivity contribution in [3.8, 4) is 5.75 Å². The predicted molar refractivity (Wildman–Crippen MR) is 93.9 cm³/mol. The summed E-state index contributed by atoms with van der Waals surface area (Å²) in [7, 11) is -0.633. The lowest BCUT2D eigenvalue weighted by Gasteiger charge is -2.21. The molecule has 0 amide bonds. The van der Waals surface area contributed by atoms with Crippen molar-refractivity contribution in [3.05, 3.63) is 29.8 Å². The third-order valence-corrected chi connectivity index (χ3v) is 5.04. The lowest BCUT2D eigenvalue weighted by atomic mass is 10.0. The van der Waals surface area contributed by atoms with E-state index in [0.29, 0.717) is 18.2 Å². The summed E-state index contributed by atoms with van der Waals surface area (Å²) in [6, 6.07) is 7.49. The largest absolute Gasteiger partial charge is 0.493 e. The first kappa shape index (κ1) is 17.4. The van der Waals surface area contributed by atoms with Crippen LogP contribution in [0.1, 0.15) is 18.4 Å². The maximum absolute atomic E-state index is 11.3. The SMILES string of the molecule is NC/C(=N\N=C(N)N)c1ccc(OCC2CCS(=O)CC2)cc1. The third-order valence-electron chi connectivity index (χ3n) is 3.66. The first-order chi connectivity index (χ1) is 11.1. The van der Waals surface area contributed by atoms with Gasteiger partial charge in [-0.2, -0.15) is 5.10 Å². The Balaban J connectivity index is 1.92. The average Bonchev–Trinajstić information content (AvgIpc) is 2.56. The molecule has 1 saturated heterocycles. The Bertz CT molecular complexity index is 586. The number of ether oxygens (including phenoxy) is 1. The van der Waals surface area contributed by atoms with Crippen LogP contribution in [0, 0.1) is 5.92 Å². The number of hydrogen-bond donors (Lipinski definition) is 3. The highest BCUT2D eigenvalue weighted by Gasteiger charge is 2.18. The van der Waals surface area contributed by atoms with E-state index >= 15 is 0 Å². The second-order valence-corrected chi connectivity index (χ2v) is 7.10. The molecule has 126 valence electrons. The van der Waals surface area contributed by atoms with Gasteiger partial charge in [0.2, 0.25) is 5.96 Å². The number of nitrogens with two attached hydrogens (primary N) is 3. The van der Waals surface area contributed by atoms with Crippen LogP contribution in [0.2, 0.25) is 0 Å². The molecule has 7 nitrogen and oxygen atoms in total. The summed E-state index contributed by atoms with van der Waals surface area (Å²) in [6.07, 6.45) is 1.93. The van der Waals surface area contributed by atoms with Crippen LogP contribution in [0.25, 0.3) is 0 Å². The molecule has 0 unspecified atom stereocenters. The van der Waals surface area contributed by atoms with Crippen molar-refractivity contribution < 1.29 is 8.95 Å². The van der Waals surface area contributed by atoms with E-state index in [2.05, 4.69) is 10.2 Å². The quantitative estimate of drug-likeness (QED) is 0.387. The fourth-order valence-electron chi connectivity index (χ4n) is 2.30. The van der Waals surface area contributed by atoms with E-state index in [1.54, 1.807) is 0 Å². The highest BCUT2D eigenvalue weighted by Crippen LogP contribution is 2.19. The maximum Gasteiger partial charge on any atom is 0.211 e. The van der Waals surface area contributed by atoms with Crippen LogP contribution in [0.4, 0.5) is 0 Å². The molecule has 1 heterocycles. The van der Waals surface area contributed by atoms with Crippen molar-refractivity contribution in [3.63, 3.8) is 0 Å². The van der Waals surface area contributed by atoms with Crippen molar-refractivity contribution in [1.29, 1.82) is 0 Å². The van der Waals surface area contributed by atoms with Crippen LogP contribution in [-0.2, 0) is 10.8 Å². The Morgan fingerprint density at radius 1 is 1.17 bits per heavy atom. The summed E-state index contributed by atoms with van der Waals surface area (Å²) in [5.74, 6) is 2.74. The topological polar surface area (TPSA) is 129 Å². The lowest BCUT2D eigenvalue weighted by molar-refractivity contribution is 0.239. The first-order valence-corrected chi connectivity index (χ1v) is 9.01. The fourth-order valence-corrected chi connectivity index (χ4v) is 3.70. The van der Waals surface area contributed by atoms with Crippen LogP contribution in [-0.4, -0.2) is 40.5 Å². The molecular weight excluding hydrogens is 314 g/mol. The van der Waals surface area contributed by atoms with E-state index < -0.39 is 10.8 Å². The molecule has 8 heteroatoms. The van der Waals surface area contributed by atoms with Gasteiger partial charge < -0.3 is 21.9 Å². The van der Waals surface area contributed by atoms with E-state index in [-0.39, 0.29) is 12.5 Å². The van der Waals surface area contributed by atoms with E-state index in [1.807, 2.05) is 24.3 Å². The van der Waals surface area contributed by atoms with E-state index in [9.17, 15) is 4.21 Å². The zero-order valence-electron chi connectivity index (χ0n) is 13.0. The third kappa shape index (κ3) is 5.65. The zero-order chi connectivity index (χ0) is 16.7. The molecule has 0 radical (unpaired) electrons. The summed E-state index contributed by atoms with van der Waals surface area (Å²) in [5, 5.41) is 7.55. The normalized spacial score (nSPS) is 21.7. The minimum absolute atomic E-state index is 0.107. The molecule has 1 fully saturated rings. The molecule has 6 N–H and O–H groups in total. The van der Waals surface area contributed by atoms with Crippen LogP contribution >= 0.6 is 0 Å². The second-order valence-electron chi connectivity index (χ2n) is 5.40. The van der Waals surface area contributed by atoms with Crippen molar-refractivity contribution in [2.75, 3.05) is 24.7 Å². The molecule has 0 bridgehead atoms. The van der Waals surface area contributed by atoms with Gasteiger partial charge in [0.15, 0.2) is 0 Å². The van der Waals surface area contributed by atoms with Gasteiger partial charge in [0.25, 0.3) is 0 Å². The van der Waals surface area contributed by atoms with Gasteiger partial charge in [0.1, 0.15) is 5.75 Å². The van der Waals surface area contributed by atoms with Crippen LogP contribution in [0.3, 0.4) is 0 Å². The molecule has 0 saturated carbocycles. The number of guanidine groups is 1. The van der Waals surface area contributed by atoms with Crippen LogP contribution in [0.15, 0.2) is 34.5 Å². The van der Waals surface area contributed by atoms with Crippen molar-refractivity contribution in [2.24, 2.45) is 33.3 Å². The van der Waals surface area contributed by atoms with Gasteiger partial charge in [-0.05, 0) is 48.6 Å². The van der Waals surface area contributed by atoms with Crippen molar-refractivity contribution >= 4 is 22.5 Å². The van der Waals surface area contributed by atoms with E-state index in [1.165, 1.54) is 0 Å². The lowest BCUT2D eigenvalue weighted by Crippen LogP contribution is -2.23. The minimum Gasteiger partial charge on any atom is -0.493 e. The van der Waals surface area contributed by atoms with Crippen molar-refractivity contribution in [2.45, 2.75) is 12.8 Å². The second kappa shape index (κ2) is 8.64. The molecule has 1 aromatic rings. The highest BCUT2D eigenvalue weighted by molar-refractivity contribution is 7.85. The molecule has 0 spiro atoms. The monoisotopic (exact) mass is 337 g/mol. The Morgan fingerprint density at radius 3 is 2.39 bits per heavy atom. The molecule has 1 aliphatic rings. The van der Waals surface area contributed by atoms with Gasteiger partial charge in [-0.3, -0.25) is 4.21 Å². The van der Waals surface area contributed by atoms with Crippen molar-refractivity contribution in [1.82, 2.24) is 0 Å². The minimum atomic E-state index is -0.633. The first-order valence-electron chi connectivity index (χ1n) is 7.52. The standard InChI is InChI=1S/C15H23N5O2S/c16-9-14(19-20-15(17)18)12-1-3-13(4-2-12)22-10-11-5-7-23(21)8-6-11/h1-4,11H,5-10,16H2,(H4,17,18,20)/b19-14+. The van der Waals surface area contributed by atoms with Gasteiger partial charge >= 0.3 is 0 Å². The van der Waals surface area contributed by atoms with Gasteiger partial charge in [-0.15, -0.1) is 5.10 Å². The summed E-state index contributed by atoms with van der Waals surface area (Å²) in [5.41, 5.74) is 17.6. The molecule has 1 aromatic carbocycles. The summed E-state index contributed by atoms with van der Waals surface area (Å²) in [4.78, 5) is 0. The highest BCUT2D eigenvalue weighted by atomic mass is 32.2. The number of hydrogen-bond acceptors (Lipinski definition) is 5. The summed E-state index contributed by atoms with van der Waals surface area (Å²) < 4.78 is 17.1. The summed E-state index contributed by atoms with van der Waals surface area (Å²) in [6.45, 7) is 0.887. The Kier molecular flexibility index (Phi) is 6.54.